The second-order valence-corrected chi connectivity index (χ2v) is 9.22. The van der Waals surface area contributed by atoms with Gasteiger partial charge in [-0.3, -0.25) is 14.2 Å². The molecule has 1 aromatic carbocycles. The molecule has 3 aromatic heterocycles. The molecule has 2 aliphatic rings. The lowest BCUT2D eigenvalue weighted by Crippen LogP contribution is -2.23. The van der Waals surface area contributed by atoms with Crippen molar-refractivity contribution in [3.8, 4) is 11.3 Å². The second kappa shape index (κ2) is 8.99. The fourth-order valence-corrected chi connectivity index (χ4v) is 5.13. The summed E-state index contributed by atoms with van der Waals surface area (Å²) in [7, 11) is 0. The monoisotopic (exact) mass is 469 g/mol. The number of carbonyl (C=O) groups is 1. The van der Waals surface area contributed by atoms with E-state index in [-0.39, 0.29) is 18.1 Å². The highest BCUT2D eigenvalue weighted by Crippen LogP contribution is 2.35. The predicted molar refractivity (Wildman–Crippen MR) is 134 cm³/mol. The second-order valence-electron chi connectivity index (χ2n) is 9.22. The summed E-state index contributed by atoms with van der Waals surface area (Å²) in [5.41, 5.74) is 5.84. The largest absolute Gasteiger partial charge is 0.393 e. The number of anilines is 3. The molecular formula is C26H27N7O2. The number of amides is 1. The number of rotatable bonds is 5. The number of pyridine rings is 1. The third-order valence-electron chi connectivity index (χ3n) is 6.85. The summed E-state index contributed by atoms with van der Waals surface area (Å²) in [6.45, 7) is 0.459. The smallest absolute Gasteiger partial charge is 0.254 e. The highest BCUT2D eigenvalue weighted by atomic mass is 16.3. The van der Waals surface area contributed by atoms with E-state index in [9.17, 15) is 9.90 Å². The zero-order valence-corrected chi connectivity index (χ0v) is 19.2. The average molecular weight is 470 g/mol. The summed E-state index contributed by atoms with van der Waals surface area (Å²) in [5.74, 6) is 0.553. The van der Waals surface area contributed by atoms with Crippen LogP contribution in [0.4, 0.5) is 17.2 Å². The van der Waals surface area contributed by atoms with E-state index in [4.69, 9.17) is 0 Å². The minimum Gasteiger partial charge on any atom is -0.393 e. The standard InChI is InChI=1S/C26H27N7O2/c34-18-4-2-1-3-16(11-18)31-17-5-8-23(28-12-17)32-21-7-6-19(20-13-30-26(35)25(20)21)22-14-29-24-15-27-9-10-33(22)24/h5-10,12,14-16,18,31,34H,1-4,11,13H2,(H,28,32)(H,30,35)/t16-,18-/m0/s1. The predicted octanol–water partition coefficient (Wildman–Crippen LogP) is 3.88. The molecule has 1 saturated carbocycles. The van der Waals surface area contributed by atoms with Crippen LogP contribution in [0.2, 0.25) is 0 Å². The molecule has 1 fully saturated rings. The molecule has 35 heavy (non-hydrogen) atoms. The van der Waals surface area contributed by atoms with Gasteiger partial charge in [-0.1, -0.05) is 18.9 Å². The van der Waals surface area contributed by atoms with Crippen LogP contribution in [-0.2, 0) is 6.54 Å². The van der Waals surface area contributed by atoms with Crippen LogP contribution in [0.15, 0.2) is 55.2 Å². The van der Waals surface area contributed by atoms with E-state index in [1.807, 2.05) is 41.1 Å². The minimum atomic E-state index is -0.239. The van der Waals surface area contributed by atoms with Crippen molar-refractivity contribution < 1.29 is 9.90 Å². The topological polar surface area (TPSA) is 116 Å². The molecule has 9 heteroatoms. The molecule has 4 N–H and O–H groups in total. The number of hydrogen-bond donors (Lipinski definition) is 4. The van der Waals surface area contributed by atoms with Gasteiger partial charge in [-0.25, -0.2) is 9.97 Å². The van der Waals surface area contributed by atoms with Gasteiger partial charge in [0.1, 0.15) is 5.82 Å². The third-order valence-corrected chi connectivity index (χ3v) is 6.85. The number of carbonyl (C=O) groups excluding carboxylic acids is 1. The first-order valence-corrected chi connectivity index (χ1v) is 12.0. The lowest BCUT2D eigenvalue weighted by Gasteiger charge is -2.19. The zero-order chi connectivity index (χ0) is 23.8. The molecule has 178 valence electrons. The summed E-state index contributed by atoms with van der Waals surface area (Å²) >= 11 is 0. The normalized spacial score (nSPS) is 19.7. The first-order valence-electron chi connectivity index (χ1n) is 12.0. The Bertz CT molecular complexity index is 1380. The van der Waals surface area contributed by atoms with E-state index < -0.39 is 0 Å². The van der Waals surface area contributed by atoms with Crippen molar-refractivity contribution in [3.05, 3.63) is 66.4 Å². The van der Waals surface area contributed by atoms with Crippen molar-refractivity contribution in [3.63, 3.8) is 0 Å². The van der Waals surface area contributed by atoms with Gasteiger partial charge in [0.15, 0.2) is 5.65 Å². The Morgan fingerprint density at radius 3 is 2.86 bits per heavy atom. The van der Waals surface area contributed by atoms with E-state index >= 15 is 0 Å². The van der Waals surface area contributed by atoms with Gasteiger partial charge < -0.3 is 21.1 Å². The van der Waals surface area contributed by atoms with Gasteiger partial charge in [0, 0.05) is 30.5 Å². The Hall–Kier alpha value is -3.98. The Morgan fingerprint density at radius 1 is 1.06 bits per heavy atom. The fourth-order valence-electron chi connectivity index (χ4n) is 5.13. The summed E-state index contributed by atoms with van der Waals surface area (Å²) in [6, 6.07) is 8.07. The van der Waals surface area contributed by atoms with Crippen LogP contribution in [0.1, 0.15) is 48.0 Å². The summed E-state index contributed by atoms with van der Waals surface area (Å²) < 4.78 is 1.97. The van der Waals surface area contributed by atoms with Gasteiger partial charge in [0.25, 0.3) is 5.91 Å². The van der Waals surface area contributed by atoms with Crippen molar-refractivity contribution in [2.75, 3.05) is 10.6 Å². The van der Waals surface area contributed by atoms with Crippen molar-refractivity contribution in [2.24, 2.45) is 0 Å². The Balaban J connectivity index is 1.25. The number of nitrogens with one attached hydrogen (secondary N) is 3. The molecule has 1 amide bonds. The van der Waals surface area contributed by atoms with Gasteiger partial charge in [-0.2, -0.15) is 0 Å². The molecule has 0 spiro atoms. The van der Waals surface area contributed by atoms with Crippen LogP contribution in [0, 0.1) is 0 Å². The highest BCUT2D eigenvalue weighted by molar-refractivity contribution is 6.06. The maximum atomic E-state index is 12.8. The lowest BCUT2D eigenvalue weighted by molar-refractivity contribution is 0.0966. The van der Waals surface area contributed by atoms with Crippen LogP contribution < -0.4 is 16.0 Å². The molecule has 0 unspecified atom stereocenters. The molecular weight excluding hydrogens is 442 g/mol. The fraction of sp³-hybridized carbons (Fsp3) is 0.308. The molecule has 1 aliphatic carbocycles. The molecule has 2 atom stereocenters. The van der Waals surface area contributed by atoms with Crippen LogP contribution in [0.25, 0.3) is 16.9 Å². The van der Waals surface area contributed by atoms with Crippen LogP contribution in [0.5, 0.6) is 0 Å². The van der Waals surface area contributed by atoms with Gasteiger partial charge in [0.2, 0.25) is 0 Å². The number of aliphatic hydroxyl groups is 1. The van der Waals surface area contributed by atoms with Gasteiger partial charge >= 0.3 is 0 Å². The van der Waals surface area contributed by atoms with E-state index in [0.717, 1.165) is 60.3 Å². The molecule has 6 rings (SSSR count). The molecule has 4 aromatic rings. The number of aliphatic hydroxyl groups excluding tert-OH is 1. The van der Waals surface area contributed by atoms with Crippen LogP contribution in [-0.4, -0.2) is 42.5 Å². The number of fused-ring (bicyclic) bond motifs is 2. The van der Waals surface area contributed by atoms with Gasteiger partial charge in [-0.05, 0) is 43.0 Å². The number of benzene rings is 1. The molecule has 0 radical (unpaired) electrons. The van der Waals surface area contributed by atoms with E-state index in [0.29, 0.717) is 23.6 Å². The zero-order valence-electron chi connectivity index (χ0n) is 19.2. The first kappa shape index (κ1) is 21.5. The number of imidazole rings is 1. The molecule has 1 aliphatic heterocycles. The molecule has 9 nitrogen and oxygen atoms in total. The number of nitrogens with zero attached hydrogens (tertiary/aromatic N) is 4. The summed E-state index contributed by atoms with van der Waals surface area (Å²) in [4.78, 5) is 25.9. The van der Waals surface area contributed by atoms with Crippen LogP contribution >= 0.6 is 0 Å². The van der Waals surface area contributed by atoms with Crippen molar-refractivity contribution >= 4 is 28.7 Å². The maximum Gasteiger partial charge on any atom is 0.254 e. The first-order chi connectivity index (χ1) is 17.2. The van der Waals surface area contributed by atoms with Crippen LogP contribution in [0.3, 0.4) is 0 Å². The highest BCUT2D eigenvalue weighted by Gasteiger charge is 2.27. The van der Waals surface area contributed by atoms with E-state index in [1.54, 1.807) is 18.6 Å². The molecule has 0 bridgehead atoms. The van der Waals surface area contributed by atoms with Crippen molar-refractivity contribution in [1.82, 2.24) is 24.7 Å². The summed E-state index contributed by atoms with van der Waals surface area (Å²) in [6.07, 6.45) is 13.6. The minimum absolute atomic E-state index is 0.106. The third kappa shape index (κ3) is 4.19. The van der Waals surface area contributed by atoms with E-state index in [1.165, 1.54) is 0 Å². The van der Waals surface area contributed by atoms with E-state index in [2.05, 4.69) is 30.9 Å². The van der Waals surface area contributed by atoms with Gasteiger partial charge in [-0.15, -0.1) is 0 Å². The van der Waals surface area contributed by atoms with Gasteiger partial charge in [0.05, 0.1) is 47.3 Å². The lowest BCUT2D eigenvalue weighted by atomic mass is 9.99. The Labute approximate surface area is 202 Å². The quantitative estimate of drug-likeness (QED) is 0.328. The average Bonchev–Trinajstić information content (AvgIpc) is 3.41. The van der Waals surface area contributed by atoms with Crippen molar-refractivity contribution in [1.29, 1.82) is 0 Å². The maximum absolute atomic E-state index is 12.8. The number of hydrogen-bond acceptors (Lipinski definition) is 7. The molecule has 0 saturated heterocycles. The Kier molecular flexibility index (Phi) is 5.54. The number of aromatic nitrogens is 4. The van der Waals surface area contributed by atoms with Crippen molar-refractivity contribution in [2.45, 2.75) is 50.8 Å². The molecule has 4 heterocycles. The summed E-state index contributed by atoms with van der Waals surface area (Å²) in [5, 5.41) is 19.8. The Morgan fingerprint density at radius 2 is 1.97 bits per heavy atom. The SMILES string of the molecule is O=C1NCc2c(-c3cnc4cnccn34)ccc(Nc3ccc(N[C@H]4CCCC[C@H](O)C4)cn3)c21.